The number of carboxylic acids is 1. The molecule has 0 saturated carbocycles. The van der Waals surface area contributed by atoms with Gasteiger partial charge in [0.2, 0.25) is 0 Å². The Hall–Kier alpha value is -1.40. The number of hydrogen-bond acceptors (Lipinski definition) is 5. The van der Waals surface area contributed by atoms with Crippen molar-refractivity contribution in [3.8, 4) is 0 Å². The molecule has 2 aliphatic rings. The fraction of sp³-hybridized carbons (Fsp3) is 0.667. The van der Waals surface area contributed by atoms with Crippen LogP contribution in [0.25, 0.3) is 0 Å². The van der Waals surface area contributed by atoms with Crippen LogP contribution in [0.15, 0.2) is 10.6 Å². The van der Waals surface area contributed by atoms with Crippen molar-refractivity contribution in [3.63, 3.8) is 0 Å². The van der Waals surface area contributed by atoms with Crippen molar-refractivity contribution >= 4 is 5.97 Å². The summed E-state index contributed by atoms with van der Waals surface area (Å²) in [4.78, 5) is 13.0. The molecular formula is C12H16N2O4. The summed E-state index contributed by atoms with van der Waals surface area (Å²) in [6.45, 7) is 0.586. The van der Waals surface area contributed by atoms with Gasteiger partial charge in [-0.05, 0) is 25.7 Å². The van der Waals surface area contributed by atoms with Crippen LogP contribution in [0.3, 0.4) is 0 Å². The van der Waals surface area contributed by atoms with E-state index in [0.29, 0.717) is 24.4 Å². The number of nitrogens with zero attached hydrogens (tertiary/aromatic N) is 2. The van der Waals surface area contributed by atoms with Crippen LogP contribution in [0.5, 0.6) is 0 Å². The molecule has 18 heavy (non-hydrogen) atoms. The summed E-state index contributed by atoms with van der Waals surface area (Å²) in [5.74, 6) is -0.484. The standard InChI is InChI=1S/C12H16N2O4/c15-9-3-7-1-2-8(4-9)14(7)6-10-5-11(12(16)17)13-18-10/h5,7-9,15H,1-4,6H2,(H,16,17). The van der Waals surface area contributed by atoms with Crippen molar-refractivity contribution in [2.45, 2.75) is 50.4 Å². The summed E-state index contributed by atoms with van der Waals surface area (Å²) in [5, 5.41) is 22.0. The molecule has 2 atom stereocenters. The molecular weight excluding hydrogens is 236 g/mol. The zero-order valence-electron chi connectivity index (χ0n) is 9.95. The van der Waals surface area contributed by atoms with E-state index >= 15 is 0 Å². The number of aromatic carboxylic acids is 1. The molecule has 98 valence electrons. The van der Waals surface area contributed by atoms with E-state index in [2.05, 4.69) is 10.1 Å². The van der Waals surface area contributed by atoms with E-state index in [1.165, 1.54) is 6.07 Å². The summed E-state index contributed by atoms with van der Waals surface area (Å²) in [6, 6.07) is 2.25. The number of piperidine rings is 1. The SMILES string of the molecule is O=C(O)c1cc(CN2C3CCC2CC(O)C3)on1. The second-order valence-electron chi connectivity index (χ2n) is 5.17. The maximum Gasteiger partial charge on any atom is 0.358 e. The van der Waals surface area contributed by atoms with Crippen molar-refractivity contribution < 1.29 is 19.5 Å². The van der Waals surface area contributed by atoms with Gasteiger partial charge in [-0.25, -0.2) is 4.79 Å². The quantitative estimate of drug-likeness (QED) is 0.829. The minimum atomic E-state index is -1.07. The summed E-state index contributed by atoms with van der Waals surface area (Å²) < 4.78 is 5.04. The van der Waals surface area contributed by atoms with Crippen LogP contribution < -0.4 is 0 Å². The molecule has 2 unspecified atom stereocenters. The highest BCUT2D eigenvalue weighted by Crippen LogP contribution is 2.36. The molecule has 2 bridgehead atoms. The van der Waals surface area contributed by atoms with Gasteiger partial charge in [-0.3, -0.25) is 4.90 Å². The molecule has 2 aliphatic heterocycles. The Kier molecular flexibility index (Phi) is 2.83. The summed E-state index contributed by atoms with van der Waals surface area (Å²) >= 11 is 0. The predicted molar refractivity (Wildman–Crippen MR) is 61.1 cm³/mol. The van der Waals surface area contributed by atoms with Gasteiger partial charge in [-0.2, -0.15) is 0 Å². The normalized spacial score (nSPS) is 31.7. The molecule has 6 heteroatoms. The second-order valence-corrected chi connectivity index (χ2v) is 5.17. The summed E-state index contributed by atoms with van der Waals surface area (Å²) in [5.41, 5.74) is -0.0469. The van der Waals surface area contributed by atoms with Crippen LogP contribution >= 0.6 is 0 Å². The van der Waals surface area contributed by atoms with E-state index in [-0.39, 0.29) is 11.8 Å². The Morgan fingerprint density at radius 2 is 2.11 bits per heavy atom. The lowest BCUT2D eigenvalue weighted by molar-refractivity contribution is 0.0265. The third-order valence-corrected chi connectivity index (χ3v) is 3.98. The van der Waals surface area contributed by atoms with Crippen molar-refractivity contribution in [2.75, 3.05) is 0 Å². The lowest BCUT2D eigenvalue weighted by atomic mass is 10.00. The topological polar surface area (TPSA) is 86.8 Å². The first-order chi connectivity index (χ1) is 8.63. The number of carboxylic acid groups (broad SMARTS) is 1. The number of aromatic nitrogens is 1. The van der Waals surface area contributed by atoms with Crippen molar-refractivity contribution in [3.05, 3.63) is 17.5 Å². The van der Waals surface area contributed by atoms with E-state index < -0.39 is 5.97 Å². The lowest BCUT2D eigenvalue weighted by Crippen LogP contribution is -2.43. The first kappa shape index (κ1) is 11.7. The van der Waals surface area contributed by atoms with Crippen LogP contribution in [-0.2, 0) is 6.54 Å². The average Bonchev–Trinajstić information content (AvgIpc) is 2.85. The predicted octanol–water partition coefficient (Wildman–Crippen LogP) is 0.861. The Bertz CT molecular complexity index is 445. The second kappa shape index (κ2) is 4.37. The average molecular weight is 252 g/mol. The summed E-state index contributed by atoms with van der Waals surface area (Å²) in [6.07, 6.45) is 3.61. The molecule has 0 spiro atoms. The van der Waals surface area contributed by atoms with Crippen molar-refractivity contribution in [2.24, 2.45) is 0 Å². The van der Waals surface area contributed by atoms with Crippen molar-refractivity contribution in [1.29, 1.82) is 0 Å². The number of fused-ring (bicyclic) bond motifs is 2. The first-order valence-corrected chi connectivity index (χ1v) is 6.26. The fourth-order valence-electron chi connectivity index (χ4n) is 3.17. The van der Waals surface area contributed by atoms with E-state index in [9.17, 15) is 9.90 Å². The highest BCUT2D eigenvalue weighted by atomic mass is 16.5. The van der Waals surface area contributed by atoms with Crippen LogP contribution in [0.4, 0.5) is 0 Å². The molecule has 0 amide bonds. The molecule has 2 N–H and O–H groups in total. The van der Waals surface area contributed by atoms with Gasteiger partial charge in [0.1, 0.15) is 0 Å². The van der Waals surface area contributed by atoms with E-state index in [1.807, 2.05) is 0 Å². The summed E-state index contributed by atoms with van der Waals surface area (Å²) in [7, 11) is 0. The Labute approximate surface area is 104 Å². The highest BCUT2D eigenvalue weighted by molar-refractivity contribution is 5.85. The number of aliphatic hydroxyl groups is 1. The molecule has 3 rings (SSSR count). The van der Waals surface area contributed by atoms with Gasteiger partial charge in [0.05, 0.1) is 12.6 Å². The maximum absolute atomic E-state index is 10.7. The minimum absolute atomic E-state index is 0.0469. The maximum atomic E-state index is 10.7. The van der Waals surface area contributed by atoms with Crippen molar-refractivity contribution in [1.82, 2.24) is 10.1 Å². The number of rotatable bonds is 3. The molecule has 1 aromatic rings. The molecule has 2 fully saturated rings. The van der Waals surface area contributed by atoms with E-state index in [4.69, 9.17) is 9.63 Å². The smallest absolute Gasteiger partial charge is 0.358 e. The molecule has 6 nitrogen and oxygen atoms in total. The van der Waals surface area contributed by atoms with Crippen LogP contribution in [-0.4, -0.2) is 44.4 Å². The van der Waals surface area contributed by atoms with Gasteiger partial charge in [0.25, 0.3) is 0 Å². The van der Waals surface area contributed by atoms with Crippen LogP contribution in [0, 0.1) is 0 Å². The molecule has 3 heterocycles. The molecule has 2 saturated heterocycles. The Balaban J connectivity index is 1.71. The fourth-order valence-corrected chi connectivity index (χ4v) is 3.17. The molecule has 0 radical (unpaired) electrons. The van der Waals surface area contributed by atoms with Gasteiger partial charge >= 0.3 is 5.97 Å². The van der Waals surface area contributed by atoms with Gasteiger partial charge in [-0.1, -0.05) is 5.16 Å². The monoisotopic (exact) mass is 252 g/mol. The third kappa shape index (κ3) is 2.02. The Morgan fingerprint density at radius 1 is 1.44 bits per heavy atom. The van der Waals surface area contributed by atoms with Crippen LogP contribution in [0.1, 0.15) is 41.9 Å². The largest absolute Gasteiger partial charge is 0.476 e. The van der Waals surface area contributed by atoms with Gasteiger partial charge in [0, 0.05) is 18.2 Å². The van der Waals surface area contributed by atoms with Crippen LogP contribution in [0.2, 0.25) is 0 Å². The number of aliphatic hydroxyl groups excluding tert-OH is 1. The molecule has 1 aromatic heterocycles. The van der Waals surface area contributed by atoms with E-state index in [1.54, 1.807) is 0 Å². The number of hydrogen-bond donors (Lipinski definition) is 2. The zero-order valence-corrected chi connectivity index (χ0v) is 9.95. The third-order valence-electron chi connectivity index (χ3n) is 3.98. The van der Waals surface area contributed by atoms with E-state index in [0.717, 1.165) is 25.7 Å². The molecule has 0 aliphatic carbocycles. The van der Waals surface area contributed by atoms with Gasteiger partial charge in [-0.15, -0.1) is 0 Å². The first-order valence-electron chi connectivity index (χ1n) is 6.26. The zero-order chi connectivity index (χ0) is 12.7. The Morgan fingerprint density at radius 3 is 2.67 bits per heavy atom. The number of carbonyl (C=O) groups is 1. The van der Waals surface area contributed by atoms with Gasteiger partial charge in [0.15, 0.2) is 11.5 Å². The minimum Gasteiger partial charge on any atom is -0.476 e. The lowest BCUT2D eigenvalue weighted by Gasteiger charge is -2.36. The van der Waals surface area contributed by atoms with Gasteiger partial charge < -0.3 is 14.7 Å². The highest BCUT2D eigenvalue weighted by Gasteiger charge is 2.40. The molecule has 0 aromatic carbocycles.